The molecule has 0 saturated carbocycles. The molecule has 18 heteroatoms. The van der Waals surface area contributed by atoms with E-state index in [0.717, 1.165) is 10.5 Å². The highest BCUT2D eigenvalue weighted by molar-refractivity contribution is 6.67. The molecule has 0 saturated heterocycles. The first-order valence-corrected chi connectivity index (χ1v) is 10.7. The van der Waals surface area contributed by atoms with Crippen molar-refractivity contribution >= 4 is 81.9 Å². The average molecular weight is 624 g/mol. The number of ether oxygens (including phenoxy) is 3. The predicted octanol–water partition coefficient (Wildman–Crippen LogP) is 7.47. The summed E-state index contributed by atoms with van der Waals surface area (Å²) in [6.45, 7) is -0.0876. The maximum absolute atomic E-state index is 12.4. The van der Waals surface area contributed by atoms with E-state index in [1.165, 1.54) is 0 Å². The SMILES string of the molecule is O=C(OC(C(F)(F)F)C(F)(F)F)N1CCc2ccccc2C1.O=C(OC(Cl)(Cl)Cl)OC(Cl)(Cl)Cl. The van der Waals surface area contributed by atoms with Gasteiger partial charge in [-0.05, 0) is 87.2 Å². The summed E-state index contributed by atoms with van der Waals surface area (Å²) in [6, 6.07) is 6.87. The van der Waals surface area contributed by atoms with Gasteiger partial charge in [-0.2, -0.15) is 26.3 Å². The summed E-state index contributed by atoms with van der Waals surface area (Å²) in [5, 5.41) is 0. The number of hydrogen-bond acceptors (Lipinski definition) is 5. The number of rotatable bonds is 1. The lowest BCUT2D eigenvalue weighted by atomic mass is 10.0. The van der Waals surface area contributed by atoms with Crippen LogP contribution in [-0.4, -0.2) is 50.1 Å². The number of carbonyl (C=O) groups is 2. The van der Waals surface area contributed by atoms with Crippen LogP contribution in [-0.2, 0) is 27.2 Å². The number of fused-ring (bicyclic) bond motifs is 1. The third kappa shape index (κ3) is 11.7. The van der Waals surface area contributed by atoms with Crippen molar-refractivity contribution in [2.75, 3.05) is 6.54 Å². The molecule has 0 aromatic heterocycles. The van der Waals surface area contributed by atoms with Crippen molar-refractivity contribution in [2.45, 2.75) is 39.4 Å². The van der Waals surface area contributed by atoms with Gasteiger partial charge in [-0.1, -0.05) is 24.3 Å². The topological polar surface area (TPSA) is 65.1 Å². The minimum absolute atomic E-state index is 0.00171. The highest BCUT2D eigenvalue weighted by Gasteiger charge is 2.60. The monoisotopic (exact) mass is 621 g/mol. The van der Waals surface area contributed by atoms with Crippen LogP contribution >= 0.6 is 69.6 Å². The fourth-order valence-corrected chi connectivity index (χ4v) is 2.73. The second kappa shape index (κ2) is 11.9. The van der Waals surface area contributed by atoms with Crippen molar-refractivity contribution in [3.63, 3.8) is 0 Å². The van der Waals surface area contributed by atoms with Gasteiger partial charge in [-0.15, -0.1) is 0 Å². The van der Waals surface area contributed by atoms with Crippen LogP contribution in [0.3, 0.4) is 0 Å². The van der Waals surface area contributed by atoms with Crippen LogP contribution in [0.25, 0.3) is 0 Å². The molecule has 1 aromatic rings. The van der Waals surface area contributed by atoms with Crippen LogP contribution in [0.2, 0.25) is 0 Å². The molecule has 6 nitrogen and oxygen atoms in total. The minimum Gasteiger partial charge on any atom is -0.426 e. The Balaban J connectivity index is 0.000000411. The summed E-state index contributed by atoms with van der Waals surface area (Å²) in [7, 11) is 0. The van der Waals surface area contributed by atoms with Crippen molar-refractivity contribution < 1.29 is 50.1 Å². The highest BCUT2D eigenvalue weighted by atomic mass is 35.6. The molecule has 0 N–H and O–H groups in total. The molecular formula is C16H11Cl6F6NO5. The smallest absolute Gasteiger partial charge is 0.426 e. The zero-order valence-corrected chi connectivity index (χ0v) is 20.6. The molecule has 1 heterocycles. The average Bonchev–Trinajstić information content (AvgIpc) is 2.61. The van der Waals surface area contributed by atoms with Crippen molar-refractivity contribution in [1.82, 2.24) is 4.90 Å². The van der Waals surface area contributed by atoms with E-state index in [2.05, 4.69) is 14.2 Å². The second-order valence-electron chi connectivity index (χ2n) is 6.13. The van der Waals surface area contributed by atoms with Crippen molar-refractivity contribution in [2.24, 2.45) is 0 Å². The number of halogens is 12. The Morgan fingerprint density at radius 1 is 0.824 bits per heavy atom. The molecule has 0 radical (unpaired) electrons. The molecule has 0 spiro atoms. The van der Waals surface area contributed by atoms with Crippen molar-refractivity contribution in [3.8, 4) is 0 Å². The largest absolute Gasteiger partial charge is 0.515 e. The molecule has 2 rings (SSSR count). The van der Waals surface area contributed by atoms with Gasteiger partial charge in [0, 0.05) is 13.1 Å². The van der Waals surface area contributed by atoms with Crippen LogP contribution in [0, 0.1) is 0 Å². The number of carbonyl (C=O) groups excluding carboxylic acids is 2. The van der Waals surface area contributed by atoms with E-state index in [0.29, 0.717) is 12.0 Å². The summed E-state index contributed by atoms with van der Waals surface area (Å²) < 4.78 is 81.4. The predicted molar refractivity (Wildman–Crippen MR) is 111 cm³/mol. The molecular weight excluding hydrogens is 613 g/mol. The lowest BCUT2D eigenvalue weighted by Crippen LogP contribution is -2.48. The molecule has 0 unspecified atom stereocenters. The van der Waals surface area contributed by atoms with Crippen molar-refractivity contribution in [1.29, 1.82) is 0 Å². The first kappa shape index (κ1) is 31.1. The van der Waals surface area contributed by atoms with E-state index >= 15 is 0 Å². The van der Waals surface area contributed by atoms with E-state index in [4.69, 9.17) is 69.6 Å². The summed E-state index contributed by atoms with van der Waals surface area (Å²) in [5.41, 5.74) is 1.57. The van der Waals surface area contributed by atoms with Gasteiger partial charge >= 0.3 is 32.6 Å². The number of nitrogens with zero attached hydrogens (tertiary/aromatic N) is 1. The second-order valence-corrected chi connectivity index (χ2v) is 10.5. The minimum atomic E-state index is -5.71. The lowest BCUT2D eigenvalue weighted by Gasteiger charge is -2.30. The van der Waals surface area contributed by atoms with Gasteiger partial charge in [0.1, 0.15) is 0 Å². The quantitative estimate of drug-likeness (QED) is 0.185. The van der Waals surface area contributed by atoms with Crippen LogP contribution in [0.1, 0.15) is 11.1 Å². The fraction of sp³-hybridized carbons (Fsp3) is 0.500. The van der Waals surface area contributed by atoms with Gasteiger partial charge in [-0.25, -0.2) is 9.59 Å². The molecule has 1 aliphatic rings. The molecule has 1 aromatic carbocycles. The van der Waals surface area contributed by atoms with Gasteiger partial charge in [-0.3, -0.25) is 0 Å². The number of hydrogen-bond donors (Lipinski definition) is 0. The van der Waals surface area contributed by atoms with Gasteiger partial charge in [0.15, 0.2) is 0 Å². The Morgan fingerprint density at radius 2 is 1.26 bits per heavy atom. The summed E-state index contributed by atoms with van der Waals surface area (Å²) >= 11 is 30.2. The summed E-state index contributed by atoms with van der Waals surface area (Å²) in [5.74, 6) is 0. The maximum Gasteiger partial charge on any atom is 0.515 e. The first-order valence-electron chi connectivity index (χ1n) is 8.40. The Morgan fingerprint density at radius 3 is 1.68 bits per heavy atom. The zero-order chi connectivity index (χ0) is 26.5. The Kier molecular flexibility index (Phi) is 10.9. The van der Waals surface area contributed by atoms with Gasteiger partial charge < -0.3 is 19.1 Å². The number of benzene rings is 1. The highest BCUT2D eigenvalue weighted by Crippen LogP contribution is 2.36. The van der Waals surface area contributed by atoms with E-state index in [9.17, 15) is 35.9 Å². The Hall–Kier alpha value is -0.920. The fourth-order valence-electron chi connectivity index (χ4n) is 2.36. The van der Waals surface area contributed by atoms with Gasteiger partial charge in [0.05, 0.1) is 0 Å². The molecule has 1 aliphatic heterocycles. The van der Waals surface area contributed by atoms with Crippen LogP contribution in [0.4, 0.5) is 35.9 Å². The van der Waals surface area contributed by atoms with Gasteiger partial charge in [0.2, 0.25) is 0 Å². The van der Waals surface area contributed by atoms with E-state index in [1.54, 1.807) is 24.3 Å². The molecule has 0 bridgehead atoms. The zero-order valence-electron chi connectivity index (χ0n) is 16.0. The Bertz CT molecular complexity index is 827. The first-order chi connectivity index (χ1) is 15.2. The van der Waals surface area contributed by atoms with E-state index < -0.39 is 38.7 Å². The summed E-state index contributed by atoms with van der Waals surface area (Å²) in [4.78, 5) is 23.0. The number of amides is 1. The molecule has 0 fully saturated rings. The lowest BCUT2D eigenvalue weighted by molar-refractivity contribution is -0.308. The van der Waals surface area contributed by atoms with E-state index in [1.807, 2.05) is 0 Å². The van der Waals surface area contributed by atoms with Crippen LogP contribution < -0.4 is 0 Å². The third-order valence-electron chi connectivity index (χ3n) is 3.60. The van der Waals surface area contributed by atoms with Crippen LogP contribution in [0.5, 0.6) is 0 Å². The van der Waals surface area contributed by atoms with E-state index in [-0.39, 0.29) is 13.1 Å². The molecule has 34 heavy (non-hydrogen) atoms. The molecule has 1 amide bonds. The molecule has 0 atom stereocenters. The number of alkyl halides is 12. The Labute approximate surface area is 217 Å². The molecule has 0 aliphatic carbocycles. The summed E-state index contributed by atoms with van der Waals surface area (Å²) in [6.07, 6.45) is -18.2. The normalized spacial score (nSPS) is 14.6. The maximum atomic E-state index is 12.4. The van der Waals surface area contributed by atoms with Crippen LogP contribution in [0.15, 0.2) is 24.3 Å². The standard InChI is InChI=1S/C13H11F6NO2.C3Cl6O3/c14-12(15,16)10(13(17,18)19)22-11(21)20-6-5-8-3-1-2-4-9(8)7-20;4-2(5,6)11-1(10)12-3(7,8)9/h1-4,10H,5-7H2;. The van der Waals surface area contributed by atoms with Crippen molar-refractivity contribution in [3.05, 3.63) is 35.4 Å². The third-order valence-corrected chi connectivity index (χ3v) is 4.06. The molecule has 194 valence electrons. The van der Waals surface area contributed by atoms with Gasteiger partial charge in [0.25, 0.3) is 6.10 Å².